The molecule has 0 saturated carbocycles. The lowest BCUT2D eigenvalue weighted by Gasteiger charge is -1.95. The summed E-state index contributed by atoms with van der Waals surface area (Å²) in [6.45, 7) is 1.75. The van der Waals surface area contributed by atoms with Gasteiger partial charge in [-0.15, -0.1) is 0 Å². The van der Waals surface area contributed by atoms with Gasteiger partial charge in [0.2, 0.25) is 0 Å². The van der Waals surface area contributed by atoms with Gasteiger partial charge in [-0.25, -0.2) is 0 Å². The van der Waals surface area contributed by atoms with Crippen LogP contribution in [0.5, 0.6) is 0 Å². The maximum Gasteiger partial charge on any atom is 0.170 e. The third kappa shape index (κ3) is 1.92. The van der Waals surface area contributed by atoms with Gasteiger partial charge in [0, 0.05) is 5.71 Å². The van der Waals surface area contributed by atoms with Crippen molar-refractivity contribution >= 4 is 5.71 Å². The van der Waals surface area contributed by atoms with Crippen LogP contribution in [0.15, 0.2) is 0 Å². The zero-order valence-electron chi connectivity index (χ0n) is 5.18. The topological polar surface area (TPSA) is 71.4 Å². The first-order valence-electron chi connectivity index (χ1n) is 2.62. The molecule has 1 N–H and O–H groups in total. The minimum absolute atomic E-state index is 0.194. The molecule has 0 aromatic heterocycles. The van der Waals surface area contributed by atoms with Crippen molar-refractivity contribution in [1.82, 2.24) is 0 Å². The highest BCUT2D eigenvalue weighted by atomic mass is 14.5. The van der Waals surface area contributed by atoms with Gasteiger partial charge in [0.1, 0.15) is 0 Å². The van der Waals surface area contributed by atoms with Crippen molar-refractivity contribution in [1.29, 1.82) is 15.9 Å². The van der Waals surface area contributed by atoms with Crippen LogP contribution in [-0.2, 0) is 0 Å². The van der Waals surface area contributed by atoms with Gasteiger partial charge >= 0.3 is 0 Å². The molecule has 9 heavy (non-hydrogen) atoms. The highest BCUT2D eigenvalue weighted by molar-refractivity contribution is 5.87. The Labute approximate surface area is 54.0 Å². The van der Waals surface area contributed by atoms with E-state index >= 15 is 0 Å². The Morgan fingerprint density at radius 2 is 2.00 bits per heavy atom. The quantitative estimate of drug-likeness (QED) is 0.555. The second-order valence-corrected chi connectivity index (χ2v) is 1.57. The minimum atomic E-state index is -0.838. The van der Waals surface area contributed by atoms with Crippen LogP contribution in [0.3, 0.4) is 0 Å². The minimum Gasteiger partial charge on any atom is -0.307 e. The Morgan fingerprint density at radius 3 is 2.11 bits per heavy atom. The lowest BCUT2D eigenvalue weighted by atomic mass is 10.1. The molecular formula is C6H7N3. The molecule has 0 saturated heterocycles. The molecule has 0 fully saturated rings. The number of nitrogens with zero attached hydrogens (tertiary/aromatic N) is 2. The molecule has 46 valence electrons. The molecule has 0 aliphatic heterocycles. The summed E-state index contributed by atoms with van der Waals surface area (Å²) in [5.41, 5.74) is 0.194. The van der Waals surface area contributed by atoms with Crippen molar-refractivity contribution in [2.75, 3.05) is 0 Å². The number of rotatable bonds is 2. The van der Waals surface area contributed by atoms with E-state index in [1.54, 1.807) is 19.1 Å². The molecule has 0 amide bonds. The molecule has 0 aliphatic carbocycles. The van der Waals surface area contributed by atoms with E-state index in [-0.39, 0.29) is 5.71 Å². The van der Waals surface area contributed by atoms with E-state index in [0.29, 0.717) is 6.42 Å². The second-order valence-electron chi connectivity index (χ2n) is 1.57. The predicted octanol–water partition coefficient (Wildman–Crippen LogP) is 1.08. The molecule has 0 aromatic rings. The molecule has 0 spiro atoms. The van der Waals surface area contributed by atoms with Crippen molar-refractivity contribution in [3.63, 3.8) is 0 Å². The highest BCUT2D eigenvalue weighted by Crippen LogP contribution is 1.97. The van der Waals surface area contributed by atoms with E-state index in [0.717, 1.165) is 0 Å². The number of nitriles is 2. The predicted molar refractivity (Wildman–Crippen MR) is 32.7 cm³/mol. The highest BCUT2D eigenvalue weighted by Gasteiger charge is 2.08. The molecule has 0 aliphatic rings. The zero-order valence-corrected chi connectivity index (χ0v) is 5.18. The van der Waals surface area contributed by atoms with Crippen LogP contribution in [0.2, 0.25) is 0 Å². The molecule has 0 radical (unpaired) electrons. The van der Waals surface area contributed by atoms with Crippen molar-refractivity contribution in [3.05, 3.63) is 0 Å². The van der Waals surface area contributed by atoms with E-state index in [4.69, 9.17) is 15.9 Å². The first-order chi connectivity index (χ1) is 4.26. The molecular weight excluding hydrogens is 114 g/mol. The van der Waals surface area contributed by atoms with E-state index in [2.05, 4.69) is 0 Å². The summed E-state index contributed by atoms with van der Waals surface area (Å²) in [6.07, 6.45) is 0.478. The molecule has 0 bridgehead atoms. The van der Waals surface area contributed by atoms with Crippen molar-refractivity contribution in [2.45, 2.75) is 13.3 Å². The van der Waals surface area contributed by atoms with Crippen LogP contribution in [0.25, 0.3) is 0 Å². The van der Waals surface area contributed by atoms with Gasteiger partial charge in [-0.05, 0) is 6.42 Å². The van der Waals surface area contributed by atoms with E-state index in [1.807, 2.05) is 0 Å². The third-order valence-corrected chi connectivity index (χ3v) is 0.988. The lowest BCUT2D eigenvalue weighted by molar-refractivity contribution is 1.06. The Kier molecular flexibility index (Phi) is 3.08. The monoisotopic (exact) mass is 121 g/mol. The Morgan fingerprint density at radius 1 is 1.56 bits per heavy atom. The molecule has 3 nitrogen and oxygen atoms in total. The second kappa shape index (κ2) is 3.63. The van der Waals surface area contributed by atoms with Crippen molar-refractivity contribution < 1.29 is 0 Å². The molecule has 0 atom stereocenters. The Bertz CT molecular complexity index is 167. The zero-order chi connectivity index (χ0) is 7.28. The van der Waals surface area contributed by atoms with E-state index < -0.39 is 5.92 Å². The van der Waals surface area contributed by atoms with Gasteiger partial charge < -0.3 is 5.41 Å². The van der Waals surface area contributed by atoms with Crippen LogP contribution >= 0.6 is 0 Å². The molecule has 0 rings (SSSR count). The average Bonchev–Trinajstić information content (AvgIpc) is 1.90. The average molecular weight is 121 g/mol. The SMILES string of the molecule is CCC(=N)C(C#N)C#N. The summed E-state index contributed by atoms with van der Waals surface area (Å²) < 4.78 is 0. The summed E-state index contributed by atoms with van der Waals surface area (Å²) in [5.74, 6) is -0.838. The first-order valence-corrected chi connectivity index (χ1v) is 2.62. The summed E-state index contributed by atoms with van der Waals surface area (Å²) >= 11 is 0. The van der Waals surface area contributed by atoms with Crippen LogP contribution in [0.4, 0.5) is 0 Å². The Balaban J connectivity index is 4.05. The molecule has 0 heterocycles. The fourth-order valence-electron chi connectivity index (χ4n) is 0.389. The summed E-state index contributed by atoms with van der Waals surface area (Å²) in [7, 11) is 0. The van der Waals surface area contributed by atoms with Gasteiger partial charge in [-0.2, -0.15) is 10.5 Å². The van der Waals surface area contributed by atoms with Gasteiger partial charge in [0.05, 0.1) is 12.1 Å². The van der Waals surface area contributed by atoms with Gasteiger partial charge in [0.15, 0.2) is 5.92 Å². The van der Waals surface area contributed by atoms with Gasteiger partial charge in [-0.1, -0.05) is 6.92 Å². The van der Waals surface area contributed by atoms with Crippen molar-refractivity contribution in [3.8, 4) is 12.1 Å². The van der Waals surface area contributed by atoms with Crippen molar-refractivity contribution in [2.24, 2.45) is 5.92 Å². The summed E-state index contributed by atoms with van der Waals surface area (Å²) in [5, 5.41) is 23.5. The fraction of sp³-hybridized carbons (Fsp3) is 0.500. The Hall–Kier alpha value is -1.35. The molecule has 0 aromatic carbocycles. The van der Waals surface area contributed by atoms with Crippen LogP contribution in [0.1, 0.15) is 13.3 Å². The summed E-state index contributed by atoms with van der Waals surface area (Å²) in [6, 6.07) is 3.43. The largest absolute Gasteiger partial charge is 0.307 e. The van der Waals surface area contributed by atoms with E-state index in [9.17, 15) is 0 Å². The van der Waals surface area contributed by atoms with E-state index in [1.165, 1.54) is 0 Å². The first kappa shape index (κ1) is 7.65. The number of hydrogen-bond acceptors (Lipinski definition) is 3. The van der Waals surface area contributed by atoms with Crippen LogP contribution < -0.4 is 0 Å². The fourth-order valence-corrected chi connectivity index (χ4v) is 0.389. The van der Waals surface area contributed by atoms with Crippen LogP contribution in [0, 0.1) is 34.0 Å². The van der Waals surface area contributed by atoms with Gasteiger partial charge in [0.25, 0.3) is 0 Å². The number of hydrogen-bond donors (Lipinski definition) is 1. The molecule has 3 heteroatoms. The maximum atomic E-state index is 8.21. The lowest BCUT2D eigenvalue weighted by Crippen LogP contribution is -2.06. The maximum absolute atomic E-state index is 8.21. The van der Waals surface area contributed by atoms with Gasteiger partial charge in [-0.3, -0.25) is 0 Å². The third-order valence-electron chi connectivity index (χ3n) is 0.988. The standard InChI is InChI=1S/C6H7N3/c1-2-6(9)5(3-7)4-8/h5,9H,2H2,1H3. The summed E-state index contributed by atoms with van der Waals surface area (Å²) in [4.78, 5) is 0. The smallest absolute Gasteiger partial charge is 0.170 e. The van der Waals surface area contributed by atoms with Crippen LogP contribution in [-0.4, -0.2) is 5.71 Å². The molecule has 0 unspecified atom stereocenters. The normalized spacial score (nSPS) is 8.00. The number of nitrogens with one attached hydrogen (secondary N) is 1.